The van der Waals surface area contributed by atoms with Gasteiger partial charge in [0.1, 0.15) is 10.3 Å². The molecule has 0 aliphatic heterocycles. The Kier molecular flexibility index (Phi) is 7.10. The highest BCUT2D eigenvalue weighted by Crippen LogP contribution is 2.20. The Morgan fingerprint density at radius 1 is 1.17 bits per heavy atom. The maximum Gasteiger partial charge on any atom is 0.352 e. The van der Waals surface area contributed by atoms with Gasteiger partial charge in [-0.25, -0.2) is 14.8 Å². The molecule has 1 aromatic heterocycles. The van der Waals surface area contributed by atoms with Gasteiger partial charge < -0.3 is 15.2 Å². The number of anilines is 1. The second-order valence-corrected chi connectivity index (χ2v) is 7.13. The number of carboxylic acid groups (broad SMARTS) is 1. The quantitative estimate of drug-likeness (QED) is 0.488. The number of hydrogen-bond donors (Lipinski definition) is 2. The first-order chi connectivity index (χ1) is 14.0. The number of nitrogens with one attached hydrogen (secondary N) is 1. The number of methoxy groups -OCH3 is 1. The Hall–Kier alpha value is -3.03. The molecule has 6 nitrogen and oxygen atoms in total. The molecule has 0 radical (unpaired) electrons. The fourth-order valence-corrected chi connectivity index (χ4v) is 3.12. The average molecular weight is 454 g/mol. The van der Waals surface area contributed by atoms with Crippen molar-refractivity contribution in [3.05, 3.63) is 93.5 Å². The van der Waals surface area contributed by atoms with E-state index < -0.39 is 5.97 Å². The first-order valence-electron chi connectivity index (χ1n) is 8.90. The fourth-order valence-electron chi connectivity index (χ4n) is 2.80. The number of aromatic nitrogens is 2. The number of ether oxygens (including phenoxy) is 1. The highest BCUT2D eigenvalue weighted by Gasteiger charge is 2.14. The van der Waals surface area contributed by atoms with E-state index >= 15 is 0 Å². The molecule has 2 aromatic carbocycles. The maximum absolute atomic E-state index is 11.8. The minimum Gasteiger partial charge on any atom is -0.477 e. The first-order valence-corrected chi connectivity index (χ1v) is 9.69. The van der Waals surface area contributed by atoms with Gasteiger partial charge >= 0.3 is 5.97 Å². The number of aliphatic carboxylic acids is 1. The SMILES string of the molecule is COCc1cccc(/C=C(\Nc2ncc(Br)nc2Cc2ccccc2)C(=O)O)c1. The minimum absolute atomic E-state index is 0.00509. The van der Waals surface area contributed by atoms with Crippen molar-refractivity contribution >= 4 is 33.8 Å². The molecule has 29 heavy (non-hydrogen) atoms. The molecule has 0 spiro atoms. The standard InChI is InChI=1S/C22H20BrN3O3/c1-29-14-17-9-5-8-16(10-17)12-19(22(27)28)26-21-18(25-20(23)13-24-21)11-15-6-3-2-4-7-15/h2-10,12-13H,11,14H2,1H3,(H,24,26)(H,27,28)/b19-12-. The van der Waals surface area contributed by atoms with Crippen molar-refractivity contribution in [1.29, 1.82) is 0 Å². The molecule has 0 atom stereocenters. The molecule has 0 aliphatic rings. The molecule has 0 saturated heterocycles. The first kappa shape index (κ1) is 20.7. The van der Waals surface area contributed by atoms with Crippen LogP contribution >= 0.6 is 15.9 Å². The Morgan fingerprint density at radius 2 is 1.93 bits per heavy atom. The monoisotopic (exact) mass is 453 g/mol. The van der Waals surface area contributed by atoms with E-state index in [4.69, 9.17) is 4.74 Å². The Morgan fingerprint density at radius 3 is 2.66 bits per heavy atom. The van der Waals surface area contributed by atoms with Crippen molar-refractivity contribution in [3.8, 4) is 0 Å². The molecule has 0 saturated carbocycles. The van der Waals surface area contributed by atoms with Crippen LogP contribution in [0.3, 0.4) is 0 Å². The summed E-state index contributed by atoms with van der Waals surface area (Å²) in [5.74, 6) is -0.684. The van der Waals surface area contributed by atoms with Crippen LogP contribution < -0.4 is 5.32 Å². The van der Waals surface area contributed by atoms with Gasteiger partial charge in [0.2, 0.25) is 0 Å². The number of hydrogen-bond acceptors (Lipinski definition) is 5. The van der Waals surface area contributed by atoms with Gasteiger partial charge in [-0.15, -0.1) is 0 Å². The van der Waals surface area contributed by atoms with Gasteiger partial charge in [-0.2, -0.15) is 0 Å². The summed E-state index contributed by atoms with van der Waals surface area (Å²) in [5, 5.41) is 12.6. The van der Waals surface area contributed by atoms with Gasteiger partial charge in [-0.1, -0.05) is 48.5 Å². The zero-order valence-corrected chi connectivity index (χ0v) is 17.4. The van der Waals surface area contributed by atoms with Crippen molar-refractivity contribution in [3.63, 3.8) is 0 Å². The molecule has 148 valence electrons. The lowest BCUT2D eigenvalue weighted by Crippen LogP contribution is -2.14. The third kappa shape index (κ3) is 5.97. The molecule has 7 heteroatoms. The lowest BCUT2D eigenvalue weighted by Gasteiger charge is -2.12. The van der Waals surface area contributed by atoms with Crippen LogP contribution in [0.15, 0.2) is 71.1 Å². The Bertz CT molecular complexity index is 1020. The molecule has 3 aromatic rings. The van der Waals surface area contributed by atoms with Crippen LogP contribution in [-0.2, 0) is 22.6 Å². The van der Waals surface area contributed by atoms with Gasteiger partial charge in [0, 0.05) is 13.5 Å². The van der Waals surface area contributed by atoms with Crippen LogP contribution in [-0.4, -0.2) is 28.2 Å². The molecule has 3 rings (SSSR count). The van der Waals surface area contributed by atoms with E-state index in [1.807, 2.05) is 54.6 Å². The van der Waals surface area contributed by atoms with Crippen LogP contribution in [0.2, 0.25) is 0 Å². The summed E-state index contributed by atoms with van der Waals surface area (Å²) >= 11 is 3.34. The van der Waals surface area contributed by atoms with Crippen molar-refractivity contribution in [2.75, 3.05) is 12.4 Å². The van der Waals surface area contributed by atoms with Gasteiger partial charge in [0.15, 0.2) is 5.82 Å². The van der Waals surface area contributed by atoms with Gasteiger partial charge in [-0.05, 0) is 44.8 Å². The summed E-state index contributed by atoms with van der Waals surface area (Å²) in [4.78, 5) is 20.7. The van der Waals surface area contributed by atoms with Gasteiger partial charge in [0.05, 0.1) is 18.5 Å². The van der Waals surface area contributed by atoms with E-state index in [9.17, 15) is 9.90 Å². The number of carboxylic acids is 1. The second-order valence-electron chi connectivity index (χ2n) is 6.32. The number of halogens is 1. The molecule has 0 fully saturated rings. The summed E-state index contributed by atoms with van der Waals surface area (Å²) in [7, 11) is 1.62. The van der Waals surface area contributed by atoms with E-state index in [0.717, 1.165) is 16.7 Å². The molecule has 0 unspecified atom stereocenters. The molecule has 0 amide bonds. The zero-order valence-electron chi connectivity index (χ0n) is 15.8. The normalized spacial score (nSPS) is 11.3. The molecular formula is C22H20BrN3O3. The minimum atomic E-state index is -1.09. The van der Waals surface area contributed by atoms with E-state index in [1.54, 1.807) is 13.2 Å². The number of benzene rings is 2. The van der Waals surface area contributed by atoms with Crippen LogP contribution in [0.4, 0.5) is 5.82 Å². The van der Waals surface area contributed by atoms with Crippen molar-refractivity contribution in [2.45, 2.75) is 13.0 Å². The lowest BCUT2D eigenvalue weighted by atomic mass is 10.1. The van der Waals surface area contributed by atoms with E-state index in [-0.39, 0.29) is 5.70 Å². The number of carbonyl (C=O) groups is 1. The van der Waals surface area contributed by atoms with Gasteiger partial charge in [-0.3, -0.25) is 0 Å². The largest absolute Gasteiger partial charge is 0.477 e. The smallest absolute Gasteiger partial charge is 0.352 e. The van der Waals surface area contributed by atoms with Crippen molar-refractivity contribution in [1.82, 2.24) is 9.97 Å². The average Bonchev–Trinajstić information content (AvgIpc) is 2.70. The molecule has 1 heterocycles. The van der Waals surface area contributed by atoms with E-state index in [0.29, 0.717) is 29.1 Å². The van der Waals surface area contributed by atoms with Crippen LogP contribution in [0.5, 0.6) is 0 Å². The van der Waals surface area contributed by atoms with Crippen LogP contribution in [0.1, 0.15) is 22.4 Å². The highest BCUT2D eigenvalue weighted by molar-refractivity contribution is 9.10. The summed E-state index contributed by atoms with van der Waals surface area (Å²) in [6, 6.07) is 17.3. The van der Waals surface area contributed by atoms with E-state index in [2.05, 4.69) is 31.2 Å². The lowest BCUT2D eigenvalue weighted by molar-refractivity contribution is -0.132. The highest BCUT2D eigenvalue weighted by atomic mass is 79.9. The van der Waals surface area contributed by atoms with Gasteiger partial charge in [0.25, 0.3) is 0 Å². The number of nitrogens with zero attached hydrogens (tertiary/aromatic N) is 2. The van der Waals surface area contributed by atoms with E-state index in [1.165, 1.54) is 6.20 Å². The van der Waals surface area contributed by atoms with Crippen LogP contribution in [0, 0.1) is 0 Å². The molecular weight excluding hydrogens is 434 g/mol. The predicted molar refractivity (Wildman–Crippen MR) is 115 cm³/mol. The maximum atomic E-state index is 11.8. The topological polar surface area (TPSA) is 84.3 Å². The summed E-state index contributed by atoms with van der Waals surface area (Å²) in [6.45, 7) is 0.455. The summed E-state index contributed by atoms with van der Waals surface area (Å²) < 4.78 is 5.72. The summed E-state index contributed by atoms with van der Waals surface area (Å²) in [5.41, 5.74) is 3.41. The molecule has 0 bridgehead atoms. The molecule has 2 N–H and O–H groups in total. The Labute approximate surface area is 177 Å². The Balaban J connectivity index is 1.91. The van der Waals surface area contributed by atoms with Crippen molar-refractivity contribution in [2.24, 2.45) is 0 Å². The predicted octanol–water partition coefficient (Wildman–Crippen LogP) is 4.51. The fraction of sp³-hybridized carbons (Fsp3) is 0.136. The third-order valence-corrected chi connectivity index (χ3v) is 4.47. The zero-order chi connectivity index (χ0) is 20.6. The second kappa shape index (κ2) is 9.95. The third-order valence-electron chi connectivity index (χ3n) is 4.09. The van der Waals surface area contributed by atoms with Crippen molar-refractivity contribution < 1.29 is 14.6 Å². The summed E-state index contributed by atoms with van der Waals surface area (Å²) in [6.07, 6.45) is 3.62. The molecule has 0 aliphatic carbocycles. The number of rotatable bonds is 8. The van der Waals surface area contributed by atoms with Crippen LogP contribution in [0.25, 0.3) is 6.08 Å².